The van der Waals surface area contributed by atoms with Crippen LogP contribution < -0.4 is 4.74 Å². The summed E-state index contributed by atoms with van der Waals surface area (Å²) in [6, 6.07) is 5.29. The van der Waals surface area contributed by atoms with Crippen LogP contribution >= 0.6 is 0 Å². The number of ether oxygens (including phenoxy) is 1. The summed E-state index contributed by atoms with van der Waals surface area (Å²) in [7, 11) is 1.44. The molecule has 2 rings (SSSR count). The summed E-state index contributed by atoms with van der Waals surface area (Å²) in [6.45, 7) is 1.93. The summed E-state index contributed by atoms with van der Waals surface area (Å²) in [5.41, 5.74) is 1.38. The lowest BCUT2D eigenvalue weighted by Gasteiger charge is -2.05. The van der Waals surface area contributed by atoms with E-state index in [2.05, 4.69) is 4.98 Å². The number of hydrogen-bond donors (Lipinski definition) is 0. The fraction of sp³-hybridized carbons (Fsp3) is 0.182. The Labute approximate surface area is 81.3 Å². The van der Waals surface area contributed by atoms with E-state index in [1.165, 1.54) is 7.11 Å². The highest BCUT2D eigenvalue weighted by atomic mass is 19.1. The molecule has 0 amide bonds. The smallest absolute Gasteiger partial charge is 0.191 e. The number of aromatic nitrogens is 1. The molecule has 0 aliphatic rings. The zero-order chi connectivity index (χ0) is 10.1. The summed E-state index contributed by atoms with van der Waals surface area (Å²) in [5.74, 6) is -0.163. The lowest BCUT2D eigenvalue weighted by Crippen LogP contribution is -1.92. The number of halogens is 1. The number of methoxy groups -OCH3 is 1. The van der Waals surface area contributed by atoms with E-state index in [-0.39, 0.29) is 5.75 Å². The predicted octanol–water partition coefficient (Wildman–Crippen LogP) is 2.69. The van der Waals surface area contributed by atoms with Gasteiger partial charge in [0.1, 0.15) is 5.52 Å². The molecule has 0 aliphatic heterocycles. The van der Waals surface area contributed by atoms with Gasteiger partial charge in [-0.15, -0.1) is 0 Å². The van der Waals surface area contributed by atoms with Gasteiger partial charge in [-0.1, -0.05) is 0 Å². The van der Waals surface area contributed by atoms with Crippen LogP contribution in [0, 0.1) is 12.7 Å². The SMILES string of the molecule is COc1ccc2c(C)ccnc2c1F. The Hall–Kier alpha value is -1.64. The molecule has 0 bridgehead atoms. The van der Waals surface area contributed by atoms with Crippen molar-refractivity contribution in [2.45, 2.75) is 6.92 Å². The zero-order valence-electron chi connectivity index (χ0n) is 8.04. The first-order chi connectivity index (χ1) is 6.74. The van der Waals surface area contributed by atoms with Crippen molar-refractivity contribution in [1.29, 1.82) is 0 Å². The van der Waals surface area contributed by atoms with Gasteiger partial charge < -0.3 is 4.74 Å². The first kappa shape index (κ1) is 8.94. The number of rotatable bonds is 1. The second-order valence-electron chi connectivity index (χ2n) is 3.11. The average Bonchev–Trinajstić information content (AvgIpc) is 2.20. The van der Waals surface area contributed by atoms with Gasteiger partial charge in [0.15, 0.2) is 11.6 Å². The van der Waals surface area contributed by atoms with Crippen molar-refractivity contribution in [2.24, 2.45) is 0 Å². The number of aryl methyl sites for hydroxylation is 1. The quantitative estimate of drug-likeness (QED) is 0.691. The molecule has 0 aliphatic carbocycles. The van der Waals surface area contributed by atoms with Crippen LogP contribution in [-0.4, -0.2) is 12.1 Å². The Morgan fingerprint density at radius 3 is 2.79 bits per heavy atom. The number of hydrogen-bond acceptors (Lipinski definition) is 2. The molecule has 14 heavy (non-hydrogen) atoms. The van der Waals surface area contributed by atoms with E-state index in [1.807, 2.05) is 19.1 Å². The van der Waals surface area contributed by atoms with Gasteiger partial charge in [0.25, 0.3) is 0 Å². The number of benzene rings is 1. The fourth-order valence-corrected chi connectivity index (χ4v) is 1.46. The lowest BCUT2D eigenvalue weighted by molar-refractivity contribution is 0.388. The monoisotopic (exact) mass is 191 g/mol. The van der Waals surface area contributed by atoms with Crippen LogP contribution in [0.25, 0.3) is 10.9 Å². The number of nitrogens with zero attached hydrogens (tertiary/aromatic N) is 1. The minimum atomic E-state index is -0.395. The Morgan fingerprint density at radius 1 is 1.29 bits per heavy atom. The molecule has 0 spiro atoms. The topological polar surface area (TPSA) is 22.1 Å². The van der Waals surface area contributed by atoms with E-state index in [4.69, 9.17) is 4.74 Å². The average molecular weight is 191 g/mol. The molecule has 3 heteroatoms. The molecule has 0 atom stereocenters. The van der Waals surface area contributed by atoms with Crippen molar-refractivity contribution < 1.29 is 9.13 Å². The van der Waals surface area contributed by atoms with Crippen LogP contribution in [0.3, 0.4) is 0 Å². The molecular formula is C11H10FNO. The Morgan fingerprint density at radius 2 is 2.07 bits per heavy atom. The minimum absolute atomic E-state index is 0.232. The van der Waals surface area contributed by atoms with Crippen LogP contribution in [0.4, 0.5) is 4.39 Å². The van der Waals surface area contributed by atoms with Crippen LogP contribution in [0.5, 0.6) is 5.75 Å². The third-order valence-corrected chi connectivity index (χ3v) is 2.25. The maximum atomic E-state index is 13.7. The maximum Gasteiger partial charge on any atom is 0.191 e. The summed E-state index contributed by atoms with van der Waals surface area (Å²) >= 11 is 0. The normalized spacial score (nSPS) is 10.5. The van der Waals surface area contributed by atoms with Gasteiger partial charge in [-0.05, 0) is 30.7 Å². The van der Waals surface area contributed by atoms with E-state index in [9.17, 15) is 4.39 Å². The molecule has 0 N–H and O–H groups in total. The van der Waals surface area contributed by atoms with Gasteiger partial charge in [0.2, 0.25) is 0 Å². The van der Waals surface area contributed by atoms with E-state index >= 15 is 0 Å². The van der Waals surface area contributed by atoms with Crippen molar-refractivity contribution in [3.05, 3.63) is 35.8 Å². The van der Waals surface area contributed by atoms with Crippen molar-refractivity contribution >= 4 is 10.9 Å². The molecule has 1 aromatic carbocycles. The molecule has 2 aromatic rings. The standard InChI is InChI=1S/C11H10FNO/c1-7-5-6-13-11-8(7)3-4-9(14-2)10(11)12/h3-6H,1-2H3. The molecule has 0 fully saturated rings. The largest absolute Gasteiger partial charge is 0.494 e. The van der Waals surface area contributed by atoms with Crippen LogP contribution in [0.2, 0.25) is 0 Å². The van der Waals surface area contributed by atoms with E-state index < -0.39 is 5.82 Å². The maximum absolute atomic E-state index is 13.7. The highest BCUT2D eigenvalue weighted by Crippen LogP contribution is 2.25. The van der Waals surface area contributed by atoms with Gasteiger partial charge in [-0.3, -0.25) is 4.98 Å². The second-order valence-corrected chi connectivity index (χ2v) is 3.11. The molecule has 0 radical (unpaired) electrons. The Kier molecular flexibility index (Phi) is 2.08. The van der Waals surface area contributed by atoms with Gasteiger partial charge in [0, 0.05) is 11.6 Å². The third-order valence-electron chi connectivity index (χ3n) is 2.25. The second kappa shape index (κ2) is 3.25. The molecule has 1 heterocycles. The third kappa shape index (κ3) is 1.21. The Bertz CT molecular complexity index is 482. The number of pyridine rings is 1. The van der Waals surface area contributed by atoms with Crippen molar-refractivity contribution in [2.75, 3.05) is 7.11 Å². The molecule has 1 aromatic heterocycles. The number of fused-ring (bicyclic) bond motifs is 1. The summed E-state index contributed by atoms with van der Waals surface area (Å²) in [5, 5.41) is 0.825. The highest BCUT2D eigenvalue weighted by molar-refractivity contribution is 5.83. The summed E-state index contributed by atoms with van der Waals surface area (Å²) < 4.78 is 18.5. The fourth-order valence-electron chi connectivity index (χ4n) is 1.46. The molecule has 2 nitrogen and oxygen atoms in total. The summed E-state index contributed by atoms with van der Waals surface area (Å²) in [6.07, 6.45) is 1.60. The van der Waals surface area contributed by atoms with Crippen LogP contribution in [0.15, 0.2) is 24.4 Å². The van der Waals surface area contributed by atoms with Crippen LogP contribution in [0.1, 0.15) is 5.56 Å². The van der Waals surface area contributed by atoms with Crippen molar-refractivity contribution in [3.63, 3.8) is 0 Å². The van der Waals surface area contributed by atoms with Gasteiger partial charge >= 0.3 is 0 Å². The van der Waals surface area contributed by atoms with Crippen molar-refractivity contribution in [3.8, 4) is 5.75 Å². The molecular weight excluding hydrogens is 181 g/mol. The molecule has 0 unspecified atom stereocenters. The predicted molar refractivity (Wildman–Crippen MR) is 53.0 cm³/mol. The first-order valence-corrected chi connectivity index (χ1v) is 4.32. The zero-order valence-corrected chi connectivity index (χ0v) is 8.04. The molecule has 72 valence electrons. The molecule has 0 saturated carbocycles. The van der Waals surface area contributed by atoms with Crippen molar-refractivity contribution in [1.82, 2.24) is 4.98 Å². The van der Waals surface area contributed by atoms with E-state index in [0.717, 1.165) is 10.9 Å². The van der Waals surface area contributed by atoms with Gasteiger partial charge in [-0.2, -0.15) is 0 Å². The molecule has 0 saturated heterocycles. The van der Waals surface area contributed by atoms with E-state index in [0.29, 0.717) is 5.52 Å². The van der Waals surface area contributed by atoms with Gasteiger partial charge in [-0.25, -0.2) is 4.39 Å². The summed E-state index contributed by atoms with van der Waals surface area (Å²) in [4.78, 5) is 4.00. The highest BCUT2D eigenvalue weighted by Gasteiger charge is 2.09. The van der Waals surface area contributed by atoms with E-state index in [1.54, 1.807) is 12.3 Å². The first-order valence-electron chi connectivity index (χ1n) is 4.32. The minimum Gasteiger partial charge on any atom is -0.494 e. The van der Waals surface area contributed by atoms with Crippen LogP contribution in [-0.2, 0) is 0 Å². The Balaban J connectivity index is 2.84. The van der Waals surface area contributed by atoms with Gasteiger partial charge in [0.05, 0.1) is 7.11 Å². The lowest BCUT2D eigenvalue weighted by atomic mass is 10.1.